The van der Waals surface area contributed by atoms with Crippen molar-refractivity contribution >= 4 is 29.2 Å². The van der Waals surface area contributed by atoms with Gasteiger partial charge in [-0.05, 0) is 36.8 Å². The van der Waals surface area contributed by atoms with E-state index >= 15 is 0 Å². The van der Waals surface area contributed by atoms with Crippen molar-refractivity contribution in [1.82, 2.24) is 0 Å². The molecule has 0 spiro atoms. The molecule has 2 aromatic carbocycles. The number of amides is 1. The summed E-state index contributed by atoms with van der Waals surface area (Å²) in [6, 6.07) is 12.1. The van der Waals surface area contributed by atoms with Crippen molar-refractivity contribution in [3.8, 4) is 0 Å². The Bertz CT molecular complexity index is 988. The number of aliphatic carboxylic acids is 1. The molecule has 0 aliphatic carbocycles. The smallest absolute Gasteiger partial charge is 0.478 e. The SMILES string of the molecule is Cc1ccccc1C(=O)Nc1cc(C(=O)O)ccc1N1CCOCC1.O=C(O)C(F)(F)F. The number of nitrogens with zero attached hydrogens (tertiary/aromatic N) is 1. The summed E-state index contributed by atoms with van der Waals surface area (Å²) in [4.78, 5) is 34.9. The Morgan fingerprint density at radius 3 is 2.16 bits per heavy atom. The molecule has 0 atom stereocenters. The highest BCUT2D eigenvalue weighted by molar-refractivity contribution is 6.07. The van der Waals surface area contributed by atoms with Gasteiger partial charge in [0.25, 0.3) is 5.91 Å². The fraction of sp³-hybridized carbons (Fsp3) is 0.286. The van der Waals surface area contributed by atoms with Gasteiger partial charge < -0.3 is 25.2 Å². The van der Waals surface area contributed by atoms with E-state index in [0.717, 1.165) is 11.3 Å². The lowest BCUT2D eigenvalue weighted by Crippen LogP contribution is -2.36. The molecule has 1 aliphatic heterocycles. The molecule has 32 heavy (non-hydrogen) atoms. The molecule has 3 rings (SSSR count). The summed E-state index contributed by atoms with van der Waals surface area (Å²) in [5.41, 5.74) is 2.86. The van der Waals surface area contributed by atoms with E-state index in [4.69, 9.17) is 14.6 Å². The number of carboxylic acid groups (broad SMARTS) is 2. The highest BCUT2D eigenvalue weighted by atomic mass is 19.4. The van der Waals surface area contributed by atoms with Gasteiger partial charge in [0.1, 0.15) is 0 Å². The molecule has 1 aliphatic rings. The molecule has 0 aromatic heterocycles. The van der Waals surface area contributed by atoms with E-state index in [0.29, 0.717) is 37.6 Å². The second-order valence-corrected chi connectivity index (χ2v) is 6.71. The van der Waals surface area contributed by atoms with Gasteiger partial charge in [0, 0.05) is 18.7 Å². The predicted octanol–water partition coefficient (Wildman–Crippen LogP) is 3.42. The van der Waals surface area contributed by atoms with Crippen LogP contribution in [0.2, 0.25) is 0 Å². The predicted molar refractivity (Wildman–Crippen MR) is 109 cm³/mol. The topological polar surface area (TPSA) is 116 Å². The minimum absolute atomic E-state index is 0.136. The fourth-order valence-electron chi connectivity index (χ4n) is 2.87. The van der Waals surface area contributed by atoms with Gasteiger partial charge in [-0.15, -0.1) is 0 Å². The van der Waals surface area contributed by atoms with Crippen LogP contribution in [-0.2, 0) is 9.53 Å². The van der Waals surface area contributed by atoms with Gasteiger partial charge in [-0.25, -0.2) is 9.59 Å². The van der Waals surface area contributed by atoms with Gasteiger partial charge in [0.15, 0.2) is 0 Å². The quantitative estimate of drug-likeness (QED) is 0.648. The summed E-state index contributed by atoms with van der Waals surface area (Å²) in [5.74, 6) is -4.04. The third-order valence-electron chi connectivity index (χ3n) is 4.48. The molecular weight excluding hydrogens is 433 g/mol. The Kier molecular flexibility index (Phi) is 8.19. The Morgan fingerprint density at radius 1 is 1.03 bits per heavy atom. The maximum Gasteiger partial charge on any atom is 0.490 e. The second kappa shape index (κ2) is 10.6. The first kappa shape index (κ1) is 24.7. The van der Waals surface area contributed by atoms with Crippen molar-refractivity contribution in [3.63, 3.8) is 0 Å². The lowest BCUT2D eigenvalue weighted by Gasteiger charge is -2.30. The van der Waals surface area contributed by atoms with Gasteiger partial charge >= 0.3 is 18.1 Å². The number of carbonyl (C=O) groups is 3. The van der Waals surface area contributed by atoms with Crippen LogP contribution in [0.1, 0.15) is 26.3 Å². The van der Waals surface area contributed by atoms with E-state index in [2.05, 4.69) is 10.2 Å². The molecule has 0 saturated carbocycles. The van der Waals surface area contributed by atoms with E-state index in [9.17, 15) is 27.9 Å². The molecule has 2 aromatic rings. The Balaban J connectivity index is 0.000000451. The van der Waals surface area contributed by atoms with Crippen LogP contribution in [0, 0.1) is 6.92 Å². The fourth-order valence-corrected chi connectivity index (χ4v) is 2.87. The minimum Gasteiger partial charge on any atom is -0.478 e. The molecule has 11 heteroatoms. The van der Waals surface area contributed by atoms with Crippen LogP contribution < -0.4 is 10.2 Å². The summed E-state index contributed by atoms with van der Waals surface area (Å²) < 4.78 is 37.1. The number of alkyl halides is 3. The average molecular weight is 454 g/mol. The molecule has 1 amide bonds. The van der Waals surface area contributed by atoms with Gasteiger partial charge in [-0.3, -0.25) is 4.79 Å². The maximum atomic E-state index is 12.6. The van der Waals surface area contributed by atoms with Crippen molar-refractivity contribution in [2.75, 3.05) is 36.5 Å². The van der Waals surface area contributed by atoms with E-state index in [1.54, 1.807) is 24.3 Å². The lowest BCUT2D eigenvalue weighted by molar-refractivity contribution is -0.192. The van der Waals surface area contributed by atoms with Crippen molar-refractivity contribution < 1.29 is 42.5 Å². The third-order valence-corrected chi connectivity index (χ3v) is 4.48. The van der Waals surface area contributed by atoms with E-state index in [1.807, 2.05) is 19.1 Å². The number of benzene rings is 2. The zero-order valence-electron chi connectivity index (χ0n) is 17.0. The van der Waals surface area contributed by atoms with E-state index in [1.165, 1.54) is 6.07 Å². The summed E-state index contributed by atoms with van der Waals surface area (Å²) in [6.07, 6.45) is -5.08. The van der Waals surface area contributed by atoms with Crippen LogP contribution in [0.15, 0.2) is 42.5 Å². The number of rotatable bonds is 4. The van der Waals surface area contributed by atoms with Crippen LogP contribution in [-0.4, -0.2) is 60.5 Å². The third kappa shape index (κ3) is 6.71. The van der Waals surface area contributed by atoms with Crippen molar-refractivity contribution in [2.45, 2.75) is 13.1 Å². The second-order valence-electron chi connectivity index (χ2n) is 6.71. The van der Waals surface area contributed by atoms with Crippen LogP contribution >= 0.6 is 0 Å². The number of ether oxygens (including phenoxy) is 1. The number of carbonyl (C=O) groups excluding carboxylic acids is 1. The Labute approximate surface area is 181 Å². The molecule has 1 heterocycles. The highest BCUT2D eigenvalue weighted by Gasteiger charge is 2.38. The summed E-state index contributed by atoms with van der Waals surface area (Å²) in [7, 11) is 0. The summed E-state index contributed by atoms with van der Waals surface area (Å²) >= 11 is 0. The standard InChI is InChI=1S/C19H20N2O4.C2HF3O2/c1-13-4-2-3-5-15(13)18(22)20-16-12-14(19(23)24)6-7-17(16)21-8-10-25-11-9-21;3-2(4,5)1(6)7/h2-7,12H,8-11H2,1H3,(H,20,22)(H,23,24);(H,6,7). The molecule has 0 bridgehead atoms. The Hall–Kier alpha value is -3.60. The maximum absolute atomic E-state index is 12.6. The van der Waals surface area contributed by atoms with Crippen LogP contribution in [0.3, 0.4) is 0 Å². The number of anilines is 2. The van der Waals surface area contributed by atoms with Crippen molar-refractivity contribution in [2.24, 2.45) is 0 Å². The summed E-state index contributed by atoms with van der Waals surface area (Å²) in [5, 5.41) is 19.3. The molecule has 3 N–H and O–H groups in total. The number of hydrogen-bond donors (Lipinski definition) is 3. The van der Waals surface area contributed by atoms with Crippen molar-refractivity contribution in [3.05, 3.63) is 59.2 Å². The van der Waals surface area contributed by atoms with Gasteiger partial charge in [-0.1, -0.05) is 18.2 Å². The average Bonchev–Trinajstić information content (AvgIpc) is 2.74. The molecule has 0 unspecified atom stereocenters. The van der Waals surface area contributed by atoms with Crippen LogP contribution in [0.5, 0.6) is 0 Å². The zero-order valence-corrected chi connectivity index (χ0v) is 17.0. The number of nitrogens with one attached hydrogen (secondary N) is 1. The monoisotopic (exact) mass is 454 g/mol. The molecule has 0 radical (unpaired) electrons. The van der Waals surface area contributed by atoms with E-state index in [-0.39, 0.29) is 11.5 Å². The first-order valence-electron chi connectivity index (χ1n) is 9.38. The number of aromatic carboxylic acids is 1. The number of aryl methyl sites for hydroxylation is 1. The van der Waals surface area contributed by atoms with E-state index < -0.39 is 18.1 Å². The normalized spacial score (nSPS) is 13.6. The van der Waals surface area contributed by atoms with Crippen LogP contribution in [0.4, 0.5) is 24.5 Å². The molecule has 172 valence electrons. The number of hydrogen-bond acceptors (Lipinski definition) is 5. The van der Waals surface area contributed by atoms with Gasteiger partial charge in [0.2, 0.25) is 0 Å². The zero-order chi connectivity index (χ0) is 23.9. The number of morpholine rings is 1. The minimum atomic E-state index is -5.08. The largest absolute Gasteiger partial charge is 0.490 e. The van der Waals surface area contributed by atoms with Crippen molar-refractivity contribution in [1.29, 1.82) is 0 Å². The number of halogens is 3. The van der Waals surface area contributed by atoms with Gasteiger partial charge in [0.05, 0.1) is 30.2 Å². The number of carboxylic acids is 2. The lowest BCUT2D eigenvalue weighted by atomic mass is 10.1. The highest BCUT2D eigenvalue weighted by Crippen LogP contribution is 2.29. The molecular formula is C21H21F3N2O6. The van der Waals surface area contributed by atoms with Gasteiger partial charge in [-0.2, -0.15) is 13.2 Å². The molecule has 1 saturated heterocycles. The summed E-state index contributed by atoms with van der Waals surface area (Å²) in [6.45, 7) is 4.46. The first-order chi connectivity index (χ1) is 15.0. The molecule has 1 fully saturated rings. The van der Waals surface area contributed by atoms with Crippen LogP contribution in [0.25, 0.3) is 0 Å². The Morgan fingerprint density at radius 2 is 1.62 bits per heavy atom. The molecule has 8 nitrogen and oxygen atoms in total. The first-order valence-corrected chi connectivity index (χ1v) is 9.38.